The van der Waals surface area contributed by atoms with Crippen LogP contribution in [0.1, 0.15) is 37.2 Å². The van der Waals surface area contributed by atoms with Crippen LogP contribution in [0.3, 0.4) is 0 Å². The van der Waals surface area contributed by atoms with E-state index in [-0.39, 0.29) is 11.7 Å². The summed E-state index contributed by atoms with van der Waals surface area (Å²) in [6, 6.07) is 18.7. The molecule has 2 N–H and O–H groups in total. The highest BCUT2D eigenvalue weighted by Crippen LogP contribution is 2.27. The molecule has 2 aromatic heterocycles. The molecule has 0 aliphatic carbocycles. The highest BCUT2D eigenvalue weighted by atomic mass is 19.1. The van der Waals surface area contributed by atoms with Gasteiger partial charge in [-0.25, -0.2) is 4.39 Å². The fourth-order valence-corrected chi connectivity index (χ4v) is 4.30. The van der Waals surface area contributed by atoms with Crippen LogP contribution >= 0.6 is 0 Å². The summed E-state index contributed by atoms with van der Waals surface area (Å²) in [5.74, 6) is 0.938. The van der Waals surface area contributed by atoms with Gasteiger partial charge >= 0.3 is 0 Å². The second-order valence-corrected chi connectivity index (χ2v) is 8.41. The SMILES string of the molecule is O=C(CCc1ccc(-c2ccccc2)[nH]1)Nc1ccc(F)c(-c2nnc3n2CCCCC3)c1. The zero-order chi connectivity index (χ0) is 22.6. The number of amides is 1. The minimum absolute atomic E-state index is 0.122. The summed E-state index contributed by atoms with van der Waals surface area (Å²) in [7, 11) is 0. The Morgan fingerprint density at radius 1 is 1.03 bits per heavy atom. The third-order valence-electron chi connectivity index (χ3n) is 6.05. The lowest BCUT2D eigenvalue weighted by atomic mass is 10.1. The van der Waals surface area contributed by atoms with Crippen LogP contribution in [0, 0.1) is 5.82 Å². The van der Waals surface area contributed by atoms with Gasteiger partial charge in [-0.1, -0.05) is 36.8 Å². The molecule has 1 amide bonds. The predicted molar refractivity (Wildman–Crippen MR) is 126 cm³/mol. The number of hydrogen-bond donors (Lipinski definition) is 2. The van der Waals surface area contributed by atoms with Crippen molar-refractivity contribution in [2.45, 2.75) is 45.1 Å². The molecular formula is C26H26FN5O. The molecule has 1 aliphatic heterocycles. The van der Waals surface area contributed by atoms with Gasteiger partial charge in [0.05, 0.1) is 5.56 Å². The first kappa shape index (κ1) is 21.1. The van der Waals surface area contributed by atoms with Gasteiger partial charge in [-0.05, 0) is 55.2 Å². The quantitative estimate of drug-likeness (QED) is 0.420. The summed E-state index contributed by atoms with van der Waals surface area (Å²) < 4.78 is 16.7. The van der Waals surface area contributed by atoms with E-state index < -0.39 is 0 Å². The molecule has 2 aromatic carbocycles. The number of halogens is 1. The number of benzene rings is 2. The molecule has 5 rings (SSSR count). The van der Waals surface area contributed by atoms with Crippen molar-refractivity contribution in [3.05, 3.63) is 78.0 Å². The summed E-state index contributed by atoms with van der Waals surface area (Å²) >= 11 is 0. The third-order valence-corrected chi connectivity index (χ3v) is 6.05. The van der Waals surface area contributed by atoms with Crippen LogP contribution in [0.5, 0.6) is 0 Å². The molecule has 168 valence electrons. The van der Waals surface area contributed by atoms with E-state index in [1.54, 1.807) is 12.1 Å². The van der Waals surface area contributed by atoms with Crippen LogP contribution in [0.4, 0.5) is 10.1 Å². The Morgan fingerprint density at radius 2 is 1.91 bits per heavy atom. The summed E-state index contributed by atoms with van der Waals surface area (Å²) in [5.41, 5.74) is 4.05. The van der Waals surface area contributed by atoms with Crippen molar-refractivity contribution in [1.29, 1.82) is 0 Å². The normalized spacial score (nSPS) is 13.4. The number of hydrogen-bond acceptors (Lipinski definition) is 3. The predicted octanol–water partition coefficient (Wildman–Crippen LogP) is 5.38. The van der Waals surface area contributed by atoms with E-state index in [0.717, 1.165) is 55.0 Å². The molecule has 0 saturated heterocycles. The number of anilines is 1. The number of aromatic amines is 1. The van der Waals surface area contributed by atoms with Crippen LogP contribution in [0.25, 0.3) is 22.6 Å². The number of rotatable bonds is 6. The number of carbonyl (C=O) groups is 1. The minimum Gasteiger partial charge on any atom is -0.358 e. The molecule has 0 spiro atoms. The van der Waals surface area contributed by atoms with Crippen molar-refractivity contribution in [1.82, 2.24) is 19.7 Å². The second kappa shape index (κ2) is 9.40. The summed E-state index contributed by atoms with van der Waals surface area (Å²) in [6.07, 6.45) is 5.00. The molecule has 0 atom stereocenters. The average Bonchev–Trinajstić information content (AvgIpc) is 3.41. The standard InChI is InChI=1S/C26H26FN5O/c27-22-13-10-20(17-21(22)26-31-30-24-9-5-2-6-16-32(24)26)29-25(33)15-12-19-11-14-23(28-19)18-7-3-1-4-8-18/h1,3-4,7-8,10-11,13-14,17,28H,2,5-6,9,12,15-16H2,(H,29,33). The molecule has 3 heterocycles. The Labute approximate surface area is 191 Å². The Morgan fingerprint density at radius 3 is 2.79 bits per heavy atom. The topological polar surface area (TPSA) is 75.6 Å². The van der Waals surface area contributed by atoms with E-state index in [4.69, 9.17) is 0 Å². The average molecular weight is 444 g/mol. The minimum atomic E-state index is -0.368. The monoisotopic (exact) mass is 443 g/mol. The van der Waals surface area contributed by atoms with Gasteiger partial charge in [0.1, 0.15) is 11.6 Å². The van der Waals surface area contributed by atoms with Crippen molar-refractivity contribution in [3.63, 3.8) is 0 Å². The van der Waals surface area contributed by atoms with Crippen molar-refractivity contribution in [2.24, 2.45) is 0 Å². The lowest BCUT2D eigenvalue weighted by Crippen LogP contribution is -2.13. The number of aromatic nitrogens is 4. The molecule has 1 aliphatic rings. The van der Waals surface area contributed by atoms with E-state index in [0.29, 0.717) is 29.9 Å². The number of fused-ring (bicyclic) bond motifs is 1. The van der Waals surface area contributed by atoms with E-state index in [1.165, 1.54) is 6.07 Å². The first-order chi connectivity index (χ1) is 16.2. The van der Waals surface area contributed by atoms with Crippen LogP contribution in [0.2, 0.25) is 0 Å². The van der Waals surface area contributed by atoms with Crippen LogP contribution in [-0.2, 0) is 24.2 Å². The highest BCUT2D eigenvalue weighted by molar-refractivity contribution is 5.91. The molecule has 33 heavy (non-hydrogen) atoms. The maximum Gasteiger partial charge on any atom is 0.224 e. The summed E-state index contributed by atoms with van der Waals surface area (Å²) in [4.78, 5) is 15.9. The Hall–Kier alpha value is -3.74. The smallest absolute Gasteiger partial charge is 0.224 e. The van der Waals surface area contributed by atoms with Crippen molar-refractivity contribution in [2.75, 3.05) is 5.32 Å². The van der Waals surface area contributed by atoms with Gasteiger partial charge in [0.2, 0.25) is 5.91 Å². The van der Waals surface area contributed by atoms with Gasteiger partial charge < -0.3 is 14.9 Å². The molecule has 4 aromatic rings. The Kier molecular flexibility index (Phi) is 6.02. The van der Waals surface area contributed by atoms with Gasteiger partial charge in [-0.3, -0.25) is 4.79 Å². The van der Waals surface area contributed by atoms with Crippen molar-refractivity contribution < 1.29 is 9.18 Å². The van der Waals surface area contributed by atoms with Gasteiger partial charge in [-0.2, -0.15) is 0 Å². The second-order valence-electron chi connectivity index (χ2n) is 8.41. The van der Waals surface area contributed by atoms with Crippen LogP contribution in [-0.4, -0.2) is 25.7 Å². The fourth-order valence-electron chi connectivity index (χ4n) is 4.30. The lowest BCUT2D eigenvalue weighted by Gasteiger charge is -2.10. The van der Waals surface area contributed by atoms with E-state index in [1.807, 2.05) is 47.0 Å². The molecule has 0 saturated carbocycles. The van der Waals surface area contributed by atoms with Crippen molar-refractivity contribution >= 4 is 11.6 Å². The first-order valence-corrected chi connectivity index (χ1v) is 11.4. The molecule has 0 radical (unpaired) electrons. The molecule has 6 nitrogen and oxygen atoms in total. The van der Waals surface area contributed by atoms with Crippen LogP contribution < -0.4 is 5.32 Å². The largest absolute Gasteiger partial charge is 0.358 e. The summed E-state index contributed by atoms with van der Waals surface area (Å²) in [6.45, 7) is 0.787. The van der Waals surface area contributed by atoms with Gasteiger partial charge in [0, 0.05) is 36.5 Å². The number of carbonyl (C=O) groups excluding carboxylic acids is 1. The van der Waals surface area contributed by atoms with E-state index >= 15 is 0 Å². The Balaban J connectivity index is 1.25. The zero-order valence-electron chi connectivity index (χ0n) is 18.4. The molecular weight excluding hydrogens is 417 g/mol. The number of aryl methyl sites for hydroxylation is 2. The zero-order valence-corrected chi connectivity index (χ0v) is 18.4. The number of nitrogens with one attached hydrogen (secondary N) is 2. The maximum atomic E-state index is 14.7. The highest BCUT2D eigenvalue weighted by Gasteiger charge is 2.19. The van der Waals surface area contributed by atoms with Crippen LogP contribution in [0.15, 0.2) is 60.7 Å². The fraction of sp³-hybridized carbons (Fsp3) is 0.269. The molecule has 0 fully saturated rings. The first-order valence-electron chi connectivity index (χ1n) is 11.4. The Bertz CT molecular complexity index is 1260. The van der Waals surface area contributed by atoms with Gasteiger partial charge in [0.15, 0.2) is 5.82 Å². The van der Waals surface area contributed by atoms with Gasteiger partial charge in [0.25, 0.3) is 0 Å². The number of nitrogens with zero attached hydrogens (tertiary/aromatic N) is 3. The molecule has 7 heteroatoms. The lowest BCUT2D eigenvalue weighted by molar-refractivity contribution is -0.116. The molecule has 0 bridgehead atoms. The van der Waals surface area contributed by atoms with E-state index in [2.05, 4.69) is 20.5 Å². The van der Waals surface area contributed by atoms with Crippen molar-refractivity contribution in [3.8, 4) is 22.6 Å². The van der Waals surface area contributed by atoms with Gasteiger partial charge in [-0.15, -0.1) is 10.2 Å². The third kappa shape index (κ3) is 4.72. The molecule has 0 unspecified atom stereocenters. The number of H-pyrrole nitrogens is 1. The summed E-state index contributed by atoms with van der Waals surface area (Å²) in [5, 5.41) is 11.4. The van der Waals surface area contributed by atoms with E-state index in [9.17, 15) is 9.18 Å². The maximum absolute atomic E-state index is 14.7.